The predicted octanol–water partition coefficient (Wildman–Crippen LogP) is 2.35. The van der Waals surface area contributed by atoms with E-state index in [-0.39, 0.29) is 11.8 Å². The van der Waals surface area contributed by atoms with Gasteiger partial charge in [-0.15, -0.1) is 0 Å². The average Bonchev–Trinajstić information content (AvgIpc) is 3.19. The number of hydrogen-bond acceptors (Lipinski definition) is 3. The molecule has 3 rings (SSSR count). The Kier molecular flexibility index (Phi) is 4.59. The van der Waals surface area contributed by atoms with Gasteiger partial charge in [0.2, 0.25) is 11.8 Å². The lowest BCUT2D eigenvalue weighted by Crippen LogP contribution is -2.44. The molecule has 1 fully saturated rings. The summed E-state index contributed by atoms with van der Waals surface area (Å²) in [5.74, 6) is -0.632. The molecule has 0 radical (unpaired) electrons. The van der Waals surface area contributed by atoms with Gasteiger partial charge in [0, 0.05) is 13.0 Å². The molecule has 2 amide bonds. The molecule has 0 unspecified atom stereocenters. The van der Waals surface area contributed by atoms with Crippen molar-refractivity contribution in [2.24, 2.45) is 0 Å². The van der Waals surface area contributed by atoms with Crippen molar-refractivity contribution in [2.75, 3.05) is 11.9 Å². The number of nitrogens with one attached hydrogen (secondary N) is 1. The zero-order valence-electron chi connectivity index (χ0n) is 13.4. The molecule has 1 saturated heterocycles. The second-order valence-electron chi connectivity index (χ2n) is 5.73. The Morgan fingerprint density at radius 1 is 1.42 bits per heavy atom. The number of halogens is 1. The van der Waals surface area contributed by atoms with Crippen LogP contribution in [0.25, 0.3) is 5.69 Å². The molecule has 1 aliphatic rings. The summed E-state index contributed by atoms with van der Waals surface area (Å²) in [6.07, 6.45) is 4.83. The summed E-state index contributed by atoms with van der Waals surface area (Å²) in [7, 11) is 0. The fourth-order valence-corrected chi connectivity index (χ4v) is 2.93. The number of hydrogen-bond donors (Lipinski definition) is 1. The maximum absolute atomic E-state index is 13.8. The number of rotatable bonds is 5. The number of nitrogens with zero attached hydrogens (tertiary/aromatic N) is 3. The molecule has 1 aliphatic heterocycles. The number of carbonyl (C=O) groups excluding carboxylic acids is 2. The standard InChI is InChI=1S/C17H19FN4O2/c1-2-14(21-9-5-8-16(21)23)17(24)20-12-10-19-22(11-12)15-7-4-3-6-13(15)18/h3-4,6-7,10-11,14H,2,5,8-9H2,1H3,(H,20,24)/t14-/m1/s1. The largest absolute Gasteiger partial charge is 0.331 e. The SMILES string of the molecule is CC[C@H](C(=O)Nc1cnn(-c2ccccc2F)c1)N1CCCC1=O. The number of amides is 2. The molecule has 1 atom stereocenters. The zero-order chi connectivity index (χ0) is 17.1. The lowest BCUT2D eigenvalue weighted by atomic mass is 10.2. The van der Waals surface area contributed by atoms with Crippen LogP contribution < -0.4 is 5.32 Å². The van der Waals surface area contributed by atoms with E-state index in [1.807, 2.05) is 6.92 Å². The average molecular weight is 330 g/mol. The van der Waals surface area contributed by atoms with Gasteiger partial charge < -0.3 is 10.2 Å². The van der Waals surface area contributed by atoms with Crippen LogP contribution in [0.4, 0.5) is 10.1 Å². The summed E-state index contributed by atoms with van der Waals surface area (Å²) in [6.45, 7) is 2.48. The molecular weight excluding hydrogens is 311 g/mol. The van der Waals surface area contributed by atoms with Gasteiger partial charge >= 0.3 is 0 Å². The first kappa shape index (κ1) is 16.2. The summed E-state index contributed by atoms with van der Waals surface area (Å²) in [5, 5.41) is 6.84. The predicted molar refractivity (Wildman–Crippen MR) is 87.2 cm³/mol. The van der Waals surface area contributed by atoms with Crippen LogP contribution in [0.15, 0.2) is 36.7 Å². The van der Waals surface area contributed by atoms with Crippen molar-refractivity contribution >= 4 is 17.5 Å². The minimum Gasteiger partial charge on any atom is -0.331 e. The highest BCUT2D eigenvalue weighted by molar-refractivity contribution is 5.97. The summed E-state index contributed by atoms with van der Waals surface area (Å²) in [5.41, 5.74) is 0.771. The first-order valence-corrected chi connectivity index (χ1v) is 8.00. The van der Waals surface area contributed by atoms with Crippen LogP contribution >= 0.6 is 0 Å². The molecule has 1 aromatic heterocycles. The molecule has 24 heavy (non-hydrogen) atoms. The Morgan fingerprint density at radius 2 is 2.21 bits per heavy atom. The topological polar surface area (TPSA) is 67.2 Å². The maximum atomic E-state index is 13.8. The van der Waals surface area contributed by atoms with Crippen LogP contribution in [0.3, 0.4) is 0 Å². The number of aromatic nitrogens is 2. The number of likely N-dealkylation sites (tertiary alicyclic amines) is 1. The maximum Gasteiger partial charge on any atom is 0.247 e. The van der Waals surface area contributed by atoms with Gasteiger partial charge in [0.1, 0.15) is 17.5 Å². The van der Waals surface area contributed by atoms with Crippen LogP contribution in [0.2, 0.25) is 0 Å². The minimum atomic E-state index is -0.489. The van der Waals surface area contributed by atoms with E-state index in [0.717, 1.165) is 6.42 Å². The van der Waals surface area contributed by atoms with E-state index in [4.69, 9.17) is 0 Å². The van der Waals surface area contributed by atoms with E-state index in [1.54, 1.807) is 29.3 Å². The fourth-order valence-electron chi connectivity index (χ4n) is 2.93. The van der Waals surface area contributed by atoms with Crippen LogP contribution in [-0.4, -0.2) is 39.1 Å². The molecule has 0 bridgehead atoms. The first-order valence-electron chi connectivity index (χ1n) is 8.00. The summed E-state index contributed by atoms with van der Waals surface area (Å²) < 4.78 is 15.2. The highest BCUT2D eigenvalue weighted by atomic mass is 19.1. The van der Waals surface area contributed by atoms with Crippen LogP contribution in [-0.2, 0) is 9.59 Å². The summed E-state index contributed by atoms with van der Waals surface area (Å²) in [4.78, 5) is 25.9. The van der Waals surface area contributed by atoms with Crippen LogP contribution in [0.5, 0.6) is 0 Å². The molecule has 0 saturated carbocycles. The third kappa shape index (κ3) is 3.15. The van der Waals surface area contributed by atoms with Crippen molar-refractivity contribution in [3.05, 3.63) is 42.5 Å². The van der Waals surface area contributed by atoms with E-state index < -0.39 is 11.9 Å². The van der Waals surface area contributed by atoms with Gasteiger partial charge in [-0.2, -0.15) is 5.10 Å². The number of carbonyl (C=O) groups is 2. The number of benzene rings is 1. The molecule has 126 valence electrons. The molecule has 0 aliphatic carbocycles. The molecule has 0 spiro atoms. The van der Waals surface area contributed by atoms with E-state index >= 15 is 0 Å². The second-order valence-corrected chi connectivity index (χ2v) is 5.73. The molecule has 2 heterocycles. The van der Waals surface area contributed by atoms with Crippen molar-refractivity contribution in [3.63, 3.8) is 0 Å². The van der Waals surface area contributed by atoms with Gasteiger partial charge in [0.15, 0.2) is 0 Å². The Labute approximate surface area is 139 Å². The molecule has 2 aromatic rings. The van der Waals surface area contributed by atoms with Gasteiger partial charge in [-0.25, -0.2) is 9.07 Å². The van der Waals surface area contributed by atoms with Crippen molar-refractivity contribution in [3.8, 4) is 5.69 Å². The quantitative estimate of drug-likeness (QED) is 0.915. The van der Waals surface area contributed by atoms with Crippen molar-refractivity contribution in [1.29, 1.82) is 0 Å². The second kappa shape index (κ2) is 6.82. The first-order chi connectivity index (χ1) is 11.6. The summed E-state index contributed by atoms with van der Waals surface area (Å²) in [6, 6.07) is 5.78. The van der Waals surface area contributed by atoms with E-state index in [9.17, 15) is 14.0 Å². The molecule has 1 N–H and O–H groups in total. The highest BCUT2D eigenvalue weighted by Crippen LogP contribution is 2.19. The molecule has 7 heteroatoms. The van der Waals surface area contributed by atoms with Gasteiger partial charge in [0.25, 0.3) is 0 Å². The van der Waals surface area contributed by atoms with Crippen LogP contribution in [0, 0.1) is 5.82 Å². The van der Waals surface area contributed by atoms with E-state index in [1.165, 1.54) is 16.9 Å². The van der Waals surface area contributed by atoms with Crippen LogP contribution in [0.1, 0.15) is 26.2 Å². The Balaban J connectivity index is 1.73. The highest BCUT2D eigenvalue weighted by Gasteiger charge is 2.31. The molecule has 1 aromatic carbocycles. The zero-order valence-corrected chi connectivity index (χ0v) is 13.4. The molecular formula is C17H19FN4O2. The number of anilines is 1. The molecule has 6 nitrogen and oxygen atoms in total. The monoisotopic (exact) mass is 330 g/mol. The third-order valence-corrected chi connectivity index (χ3v) is 4.12. The summed E-state index contributed by atoms with van der Waals surface area (Å²) >= 11 is 0. The Bertz CT molecular complexity index is 759. The van der Waals surface area contributed by atoms with Gasteiger partial charge in [-0.3, -0.25) is 9.59 Å². The van der Waals surface area contributed by atoms with E-state index in [0.29, 0.717) is 30.8 Å². The number of para-hydroxylation sites is 1. The Morgan fingerprint density at radius 3 is 2.88 bits per heavy atom. The van der Waals surface area contributed by atoms with Gasteiger partial charge in [0.05, 0.1) is 18.1 Å². The van der Waals surface area contributed by atoms with Gasteiger partial charge in [-0.1, -0.05) is 19.1 Å². The lowest BCUT2D eigenvalue weighted by Gasteiger charge is -2.25. The minimum absolute atomic E-state index is 0.0130. The van der Waals surface area contributed by atoms with Gasteiger partial charge in [-0.05, 0) is 25.0 Å². The fraction of sp³-hybridized carbons (Fsp3) is 0.353. The third-order valence-electron chi connectivity index (χ3n) is 4.12. The van der Waals surface area contributed by atoms with E-state index in [2.05, 4.69) is 10.4 Å². The Hall–Kier alpha value is -2.70. The normalized spacial score (nSPS) is 15.6. The lowest BCUT2D eigenvalue weighted by molar-refractivity contribution is -0.135. The van der Waals surface area contributed by atoms with Crippen molar-refractivity contribution < 1.29 is 14.0 Å². The van der Waals surface area contributed by atoms with Crippen molar-refractivity contribution in [1.82, 2.24) is 14.7 Å². The van der Waals surface area contributed by atoms with Crippen molar-refractivity contribution in [2.45, 2.75) is 32.2 Å². The smallest absolute Gasteiger partial charge is 0.247 e.